The summed E-state index contributed by atoms with van der Waals surface area (Å²) in [5.74, 6) is -0.856. The van der Waals surface area contributed by atoms with E-state index in [2.05, 4.69) is 17.6 Å². The smallest absolute Gasteiger partial charge is 0.307 e. The minimum atomic E-state index is -0.713. The summed E-state index contributed by atoms with van der Waals surface area (Å²) in [6.45, 7) is 7.93. The highest BCUT2D eigenvalue weighted by molar-refractivity contribution is 5.81. The van der Waals surface area contributed by atoms with Crippen LogP contribution >= 0.6 is 0 Å². The van der Waals surface area contributed by atoms with Gasteiger partial charge in [0, 0.05) is 13.1 Å². The minimum absolute atomic E-state index is 0.0367. The van der Waals surface area contributed by atoms with Gasteiger partial charge >= 0.3 is 5.97 Å². The molecule has 1 rings (SSSR count). The number of amides is 1. The molecule has 1 aliphatic rings. The SMILES string of the molecule is CNC(=O)C(C)NC1CCC(C(=O)O)C(C)(C)C1C. The van der Waals surface area contributed by atoms with Gasteiger partial charge in [0.15, 0.2) is 0 Å². The predicted octanol–water partition coefficient (Wildman–Crippen LogP) is 1.24. The monoisotopic (exact) mass is 270 g/mol. The Kier molecular flexibility index (Phi) is 4.96. The van der Waals surface area contributed by atoms with E-state index >= 15 is 0 Å². The third-order valence-electron chi connectivity index (χ3n) is 4.84. The number of carboxylic acid groups (broad SMARTS) is 1. The number of hydrogen-bond donors (Lipinski definition) is 3. The first-order valence-electron chi connectivity index (χ1n) is 6.92. The maximum Gasteiger partial charge on any atom is 0.307 e. The summed E-state index contributed by atoms with van der Waals surface area (Å²) in [7, 11) is 1.62. The molecule has 0 aromatic heterocycles. The molecule has 4 atom stereocenters. The Balaban J connectivity index is 2.75. The van der Waals surface area contributed by atoms with Gasteiger partial charge in [0.1, 0.15) is 0 Å². The van der Waals surface area contributed by atoms with Gasteiger partial charge in [-0.05, 0) is 31.1 Å². The molecular formula is C14H26N2O3. The molecule has 0 heterocycles. The molecule has 5 nitrogen and oxygen atoms in total. The highest BCUT2D eigenvalue weighted by Gasteiger charge is 2.46. The van der Waals surface area contributed by atoms with Gasteiger partial charge in [-0.3, -0.25) is 9.59 Å². The fraction of sp³-hybridized carbons (Fsp3) is 0.857. The minimum Gasteiger partial charge on any atom is -0.481 e. The topological polar surface area (TPSA) is 78.4 Å². The molecule has 0 aromatic carbocycles. The lowest BCUT2D eigenvalue weighted by molar-refractivity contribution is -0.150. The molecular weight excluding hydrogens is 244 g/mol. The Morgan fingerprint density at radius 2 is 1.89 bits per heavy atom. The van der Waals surface area contributed by atoms with Gasteiger partial charge in [0.25, 0.3) is 0 Å². The molecule has 0 aromatic rings. The third-order valence-corrected chi connectivity index (χ3v) is 4.84. The summed E-state index contributed by atoms with van der Waals surface area (Å²) >= 11 is 0. The van der Waals surface area contributed by atoms with E-state index in [9.17, 15) is 14.7 Å². The fourth-order valence-corrected chi connectivity index (χ4v) is 3.09. The van der Waals surface area contributed by atoms with Crippen molar-refractivity contribution >= 4 is 11.9 Å². The first-order valence-corrected chi connectivity index (χ1v) is 6.92. The van der Waals surface area contributed by atoms with Crippen LogP contribution in [0.5, 0.6) is 0 Å². The summed E-state index contributed by atoms with van der Waals surface area (Å²) in [5.41, 5.74) is -0.274. The van der Waals surface area contributed by atoms with E-state index < -0.39 is 5.97 Å². The third kappa shape index (κ3) is 3.26. The highest BCUT2D eigenvalue weighted by Crippen LogP contribution is 2.45. The second-order valence-electron chi connectivity index (χ2n) is 6.19. The van der Waals surface area contributed by atoms with E-state index in [0.29, 0.717) is 6.42 Å². The van der Waals surface area contributed by atoms with Gasteiger partial charge in [-0.25, -0.2) is 0 Å². The molecule has 0 aliphatic heterocycles. The molecule has 0 spiro atoms. The van der Waals surface area contributed by atoms with Crippen LogP contribution in [-0.2, 0) is 9.59 Å². The summed E-state index contributed by atoms with van der Waals surface area (Å²) in [4.78, 5) is 22.9. The molecule has 4 unspecified atom stereocenters. The van der Waals surface area contributed by atoms with Crippen molar-refractivity contribution in [2.45, 2.75) is 52.6 Å². The Bertz CT molecular complexity index is 355. The van der Waals surface area contributed by atoms with Gasteiger partial charge in [-0.2, -0.15) is 0 Å². The normalized spacial score (nSPS) is 31.5. The predicted molar refractivity (Wildman–Crippen MR) is 73.8 cm³/mol. The number of likely N-dealkylation sites (N-methyl/N-ethyl adjacent to an activating group) is 1. The molecule has 5 heteroatoms. The zero-order valence-electron chi connectivity index (χ0n) is 12.5. The van der Waals surface area contributed by atoms with Crippen LogP contribution in [-0.4, -0.2) is 36.1 Å². The van der Waals surface area contributed by atoms with E-state index in [1.165, 1.54) is 0 Å². The van der Waals surface area contributed by atoms with Crippen molar-refractivity contribution in [3.63, 3.8) is 0 Å². The van der Waals surface area contributed by atoms with Crippen molar-refractivity contribution < 1.29 is 14.7 Å². The van der Waals surface area contributed by atoms with Crippen LogP contribution in [0.1, 0.15) is 40.5 Å². The first kappa shape index (κ1) is 16.0. The lowest BCUT2D eigenvalue weighted by Crippen LogP contribution is -2.55. The molecule has 1 amide bonds. The van der Waals surface area contributed by atoms with Crippen molar-refractivity contribution in [2.75, 3.05) is 7.05 Å². The summed E-state index contributed by atoms with van der Waals surface area (Å²) in [5, 5.41) is 15.3. The number of rotatable bonds is 4. The number of nitrogens with one attached hydrogen (secondary N) is 2. The van der Waals surface area contributed by atoms with E-state index in [1.807, 2.05) is 20.8 Å². The molecule has 0 bridgehead atoms. The fourth-order valence-electron chi connectivity index (χ4n) is 3.09. The highest BCUT2D eigenvalue weighted by atomic mass is 16.4. The molecule has 1 fully saturated rings. The standard InChI is InChI=1S/C14H26N2O3/c1-8-11(16-9(2)12(17)15-5)7-6-10(13(18)19)14(8,3)4/h8-11,16H,6-7H2,1-5H3,(H,15,17)(H,18,19). The van der Waals surface area contributed by atoms with E-state index in [1.54, 1.807) is 7.05 Å². The maximum atomic E-state index is 11.6. The molecule has 3 N–H and O–H groups in total. The number of hydrogen-bond acceptors (Lipinski definition) is 3. The maximum absolute atomic E-state index is 11.6. The van der Waals surface area contributed by atoms with Gasteiger partial charge in [0.2, 0.25) is 5.91 Å². The molecule has 0 saturated heterocycles. The van der Waals surface area contributed by atoms with Crippen molar-refractivity contribution in [3.05, 3.63) is 0 Å². The quantitative estimate of drug-likeness (QED) is 0.718. The van der Waals surface area contributed by atoms with Crippen LogP contribution in [0.25, 0.3) is 0 Å². The molecule has 19 heavy (non-hydrogen) atoms. The van der Waals surface area contributed by atoms with Crippen molar-refractivity contribution in [2.24, 2.45) is 17.3 Å². The number of carbonyl (C=O) groups is 2. The van der Waals surface area contributed by atoms with Crippen molar-refractivity contribution in [3.8, 4) is 0 Å². The molecule has 1 saturated carbocycles. The second kappa shape index (κ2) is 5.90. The second-order valence-corrected chi connectivity index (χ2v) is 6.19. The van der Waals surface area contributed by atoms with Crippen molar-refractivity contribution in [1.29, 1.82) is 0 Å². The van der Waals surface area contributed by atoms with E-state index in [4.69, 9.17) is 0 Å². The largest absolute Gasteiger partial charge is 0.481 e. The molecule has 110 valence electrons. The van der Waals surface area contributed by atoms with Crippen LogP contribution in [0, 0.1) is 17.3 Å². The van der Waals surface area contributed by atoms with Crippen LogP contribution < -0.4 is 10.6 Å². The number of carboxylic acids is 1. The average Bonchev–Trinajstić information content (AvgIpc) is 2.33. The molecule has 0 radical (unpaired) electrons. The Morgan fingerprint density at radius 3 is 2.37 bits per heavy atom. The van der Waals surface area contributed by atoms with Gasteiger partial charge in [-0.1, -0.05) is 20.8 Å². The summed E-state index contributed by atoms with van der Waals surface area (Å²) in [6, 6.07) is -0.0764. The summed E-state index contributed by atoms with van der Waals surface area (Å²) < 4.78 is 0. The van der Waals surface area contributed by atoms with Crippen LogP contribution in [0.4, 0.5) is 0 Å². The zero-order valence-corrected chi connectivity index (χ0v) is 12.5. The van der Waals surface area contributed by atoms with Gasteiger partial charge < -0.3 is 15.7 Å². The molecule has 1 aliphatic carbocycles. The zero-order chi connectivity index (χ0) is 14.8. The lowest BCUT2D eigenvalue weighted by Gasteiger charge is -2.47. The van der Waals surface area contributed by atoms with Crippen LogP contribution in [0.15, 0.2) is 0 Å². The Labute approximate surface area is 115 Å². The van der Waals surface area contributed by atoms with Gasteiger partial charge in [-0.15, -0.1) is 0 Å². The van der Waals surface area contributed by atoms with E-state index in [0.717, 1.165) is 6.42 Å². The first-order chi connectivity index (χ1) is 8.71. The lowest BCUT2D eigenvalue weighted by atomic mass is 9.61. The van der Waals surface area contributed by atoms with Gasteiger partial charge in [0.05, 0.1) is 12.0 Å². The van der Waals surface area contributed by atoms with Crippen LogP contribution in [0.3, 0.4) is 0 Å². The van der Waals surface area contributed by atoms with Crippen LogP contribution in [0.2, 0.25) is 0 Å². The van der Waals surface area contributed by atoms with E-state index in [-0.39, 0.29) is 35.2 Å². The summed E-state index contributed by atoms with van der Waals surface area (Å²) in [6.07, 6.45) is 1.45. The Hall–Kier alpha value is -1.10. The number of carbonyl (C=O) groups excluding carboxylic acids is 1. The average molecular weight is 270 g/mol. The Morgan fingerprint density at radius 1 is 1.32 bits per heavy atom. The number of aliphatic carboxylic acids is 1. The van der Waals surface area contributed by atoms with Crippen molar-refractivity contribution in [1.82, 2.24) is 10.6 Å².